The van der Waals surface area contributed by atoms with Crippen LogP contribution < -0.4 is 5.73 Å². The van der Waals surface area contributed by atoms with Crippen molar-refractivity contribution in [2.24, 2.45) is 5.73 Å². The zero-order valence-electron chi connectivity index (χ0n) is 11.4. The number of carbonyl (C=O) groups is 1. The normalized spacial score (nSPS) is 30.4. The topological polar surface area (TPSA) is 55.6 Å². The molecule has 0 aromatic heterocycles. The van der Waals surface area contributed by atoms with E-state index in [1.54, 1.807) is 0 Å². The van der Waals surface area contributed by atoms with E-state index in [1.165, 1.54) is 19.3 Å². The summed E-state index contributed by atoms with van der Waals surface area (Å²) in [6.45, 7) is 3.12. The van der Waals surface area contributed by atoms with Gasteiger partial charge in [-0.3, -0.25) is 4.79 Å². The third-order valence-electron chi connectivity index (χ3n) is 4.23. The van der Waals surface area contributed by atoms with Crippen molar-refractivity contribution in [3.8, 4) is 0 Å². The third-order valence-corrected chi connectivity index (χ3v) is 4.23. The molecule has 1 aliphatic carbocycles. The predicted octanol–water partition coefficient (Wildman–Crippen LogP) is 1.67. The monoisotopic (exact) mass is 254 g/mol. The second kappa shape index (κ2) is 6.53. The van der Waals surface area contributed by atoms with Gasteiger partial charge in [-0.2, -0.15) is 0 Å². The van der Waals surface area contributed by atoms with Crippen LogP contribution in [0.5, 0.6) is 0 Å². The van der Waals surface area contributed by atoms with E-state index in [9.17, 15) is 4.79 Å². The van der Waals surface area contributed by atoms with E-state index in [0.717, 1.165) is 32.2 Å². The van der Waals surface area contributed by atoms with Gasteiger partial charge in [-0.15, -0.1) is 0 Å². The summed E-state index contributed by atoms with van der Waals surface area (Å²) < 4.78 is 5.75. The highest BCUT2D eigenvalue weighted by Gasteiger charge is 2.27. The minimum Gasteiger partial charge on any atom is -0.368 e. The Hall–Kier alpha value is -0.610. The highest BCUT2D eigenvalue weighted by atomic mass is 16.5. The van der Waals surface area contributed by atoms with Crippen LogP contribution in [0.1, 0.15) is 51.9 Å². The molecule has 2 rings (SSSR count). The number of carbonyl (C=O) groups excluding carboxylic acids is 1. The van der Waals surface area contributed by atoms with Crippen LogP contribution in [0.2, 0.25) is 0 Å². The van der Waals surface area contributed by atoms with Gasteiger partial charge in [0, 0.05) is 18.6 Å². The molecule has 2 aliphatic rings. The lowest BCUT2D eigenvalue weighted by atomic mass is 9.98. The smallest absolute Gasteiger partial charge is 0.248 e. The molecule has 2 atom stereocenters. The average Bonchev–Trinajstić information content (AvgIpc) is 2.37. The van der Waals surface area contributed by atoms with E-state index in [1.807, 2.05) is 4.90 Å². The summed E-state index contributed by atoms with van der Waals surface area (Å²) in [5, 5.41) is 0. The summed E-state index contributed by atoms with van der Waals surface area (Å²) in [5.74, 6) is 0.139. The zero-order valence-corrected chi connectivity index (χ0v) is 11.4. The Morgan fingerprint density at radius 3 is 2.67 bits per heavy atom. The number of rotatable bonds is 3. The first-order valence-corrected chi connectivity index (χ1v) is 7.33. The minimum atomic E-state index is 0.139. The van der Waals surface area contributed by atoms with Crippen LogP contribution in [-0.2, 0) is 9.53 Å². The summed E-state index contributed by atoms with van der Waals surface area (Å²) in [5.41, 5.74) is 5.91. The predicted molar refractivity (Wildman–Crippen MR) is 71.2 cm³/mol. The lowest BCUT2D eigenvalue weighted by molar-refractivity contribution is -0.142. The summed E-state index contributed by atoms with van der Waals surface area (Å²) in [6, 6.07) is 0.513. The fourth-order valence-electron chi connectivity index (χ4n) is 3.08. The lowest BCUT2D eigenvalue weighted by Crippen LogP contribution is -2.49. The Bertz CT molecular complexity index is 277. The second-order valence-electron chi connectivity index (χ2n) is 5.79. The molecule has 104 valence electrons. The van der Waals surface area contributed by atoms with Gasteiger partial charge in [0.15, 0.2) is 0 Å². The number of amides is 1. The first-order chi connectivity index (χ1) is 8.66. The molecule has 0 bridgehead atoms. The first-order valence-electron chi connectivity index (χ1n) is 7.33. The van der Waals surface area contributed by atoms with Gasteiger partial charge in [0.25, 0.3) is 0 Å². The Morgan fingerprint density at radius 2 is 2.00 bits per heavy atom. The van der Waals surface area contributed by atoms with Gasteiger partial charge in [-0.1, -0.05) is 19.3 Å². The van der Waals surface area contributed by atoms with E-state index in [2.05, 4.69) is 6.92 Å². The van der Waals surface area contributed by atoms with Gasteiger partial charge in [0.2, 0.25) is 5.91 Å². The maximum Gasteiger partial charge on any atom is 0.248 e. The van der Waals surface area contributed by atoms with Crippen molar-refractivity contribution in [3.63, 3.8) is 0 Å². The molecule has 0 radical (unpaired) electrons. The Labute approximate surface area is 110 Å². The molecule has 1 heterocycles. The number of nitrogens with zero attached hydrogens (tertiary/aromatic N) is 1. The highest BCUT2D eigenvalue weighted by molar-refractivity contribution is 5.77. The quantitative estimate of drug-likeness (QED) is 0.833. The van der Waals surface area contributed by atoms with Crippen LogP contribution in [0.3, 0.4) is 0 Å². The number of nitrogens with two attached hydrogens (primary N) is 1. The molecule has 1 saturated heterocycles. The largest absolute Gasteiger partial charge is 0.368 e. The SMILES string of the molecule is C[C@@H]1C[C@H](N)CCN1C(=O)COC1CCCCC1. The van der Waals surface area contributed by atoms with E-state index in [0.29, 0.717) is 6.10 Å². The molecule has 18 heavy (non-hydrogen) atoms. The van der Waals surface area contributed by atoms with Gasteiger partial charge in [-0.05, 0) is 32.6 Å². The van der Waals surface area contributed by atoms with E-state index >= 15 is 0 Å². The highest BCUT2D eigenvalue weighted by Crippen LogP contribution is 2.21. The molecular weight excluding hydrogens is 228 g/mol. The maximum atomic E-state index is 12.1. The number of hydrogen-bond donors (Lipinski definition) is 1. The lowest BCUT2D eigenvalue weighted by Gasteiger charge is -2.36. The Kier molecular flexibility index (Phi) is 5.01. The maximum absolute atomic E-state index is 12.1. The number of likely N-dealkylation sites (tertiary alicyclic amines) is 1. The van der Waals surface area contributed by atoms with Gasteiger partial charge in [0.1, 0.15) is 6.61 Å². The molecule has 2 fully saturated rings. The Morgan fingerprint density at radius 1 is 1.28 bits per heavy atom. The molecule has 4 nitrogen and oxygen atoms in total. The molecule has 0 aromatic carbocycles. The van der Waals surface area contributed by atoms with E-state index in [-0.39, 0.29) is 24.6 Å². The van der Waals surface area contributed by atoms with Gasteiger partial charge in [0.05, 0.1) is 6.10 Å². The van der Waals surface area contributed by atoms with E-state index < -0.39 is 0 Å². The summed E-state index contributed by atoms with van der Waals surface area (Å²) in [6.07, 6.45) is 8.18. The molecule has 0 unspecified atom stereocenters. The number of piperidine rings is 1. The second-order valence-corrected chi connectivity index (χ2v) is 5.79. The summed E-state index contributed by atoms with van der Waals surface area (Å²) in [4.78, 5) is 14.1. The molecule has 0 spiro atoms. The van der Waals surface area contributed by atoms with Gasteiger partial charge < -0.3 is 15.4 Å². The van der Waals surface area contributed by atoms with Crippen molar-refractivity contribution in [2.75, 3.05) is 13.2 Å². The van der Waals surface area contributed by atoms with Crippen LogP contribution in [0.25, 0.3) is 0 Å². The van der Waals surface area contributed by atoms with Gasteiger partial charge >= 0.3 is 0 Å². The first kappa shape index (κ1) is 13.8. The van der Waals surface area contributed by atoms with Crippen molar-refractivity contribution in [1.29, 1.82) is 0 Å². The third kappa shape index (κ3) is 3.69. The fraction of sp³-hybridized carbons (Fsp3) is 0.929. The molecular formula is C14H26N2O2. The van der Waals surface area contributed by atoms with Crippen LogP contribution >= 0.6 is 0 Å². The molecule has 2 N–H and O–H groups in total. The van der Waals surface area contributed by atoms with Crippen LogP contribution in [0.4, 0.5) is 0 Å². The molecule has 1 saturated carbocycles. The summed E-state index contributed by atoms with van der Waals surface area (Å²) in [7, 11) is 0. The van der Waals surface area contributed by atoms with Crippen molar-refractivity contribution in [3.05, 3.63) is 0 Å². The van der Waals surface area contributed by atoms with Crippen molar-refractivity contribution >= 4 is 5.91 Å². The van der Waals surface area contributed by atoms with Crippen LogP contribution in [0, 0.1) is 0 Å². The standard InChI is InChI=1S/C14H26N2O2/c1-11-9-12(15)7-8-16(11)14(17)10-18-13-5-3-2-4-6-13/h11-13H,2-10,15H2,1H3/t11-,12-/m1/s1. The van der Waals surface area contributed by atoms with E-state index in [4.69, 9.17) is 10.5 Å². The minimum absolute atomic E-state index is 0.139. The molecule has 4 heteroatoms. The summed E-state index contributed by atoms with van der Waals surface area (Å²) >= 11 is 0. The van der Waals surface area contributed by atoms with Crippen LogP contribution in [-0.4, -0.2) is 42.1 Å². The van der Waals surface area contributed by atoms with Gasteiger partial charge in [-0.25, -0.2) is 0 Å². The van der Waals surface area contributed by atoms with Crippen molar-refractivity contribution in [1.82, 2.24) is 4.90 Å². The average molecular weight is 254 g/mol. The molecule has 1 amide bonds. The van der Waals surface area contributed by atoms with Crippen molar-refractivity contribution in [2.45, 2.75) is 70.1 Å². The fourth-order valence-corrected chi connectivity index (χ4v) is 3.08. The van der Waals surface area contributed by atoms with Crippen LogP contribution in [0.15, 0.2) is 0 Å². The Balaban J connectivity index is 1.73. The number of ether oxygens (including phenoxy) is 1. The number of hydrogen-bond acceptors (Lipinski definition) is 3. The molecule has 1 aliphatic heterocycles. The van der Waals surface area contributed by atoms with Crippen molar-refractivity contribution < 1.29 is 9.53 Å². The molecule has 0 aromatic rings. The zero-order chi connectivity index (χ0) is 13.0.